The summed E-state index contributed by atoms with van der Waals surface area (Å²) < 4.78 is 31.2. The van der Waals surface area contributed by atoms with E-state index in [2.05, 4.69) is 0 Å². The molecule has 0 aliphatic heterocycles. The third-order valence-electron chi connectivity index (χ3n) is 1.73. The van der Waals surface area contributed by atoms with Gasteiger partial charge in [0.25, 0.3) is 10.1 Å². The lowest BCUT2D eigenvalue weighted by atomic mass is 10.2. The average Bonchev–Trinajstić information content (AvgIpc) is 2.02. The first-order valence-corrected chi connectivity index (χ1v) is 6.59. The highest BCUT2D eigenvalue weighted by Crippen LogP contribution is 2.28. The number of aryl methyl sites for hydroxylation is 1. The normalized spacial score (nSPS) is 11.6. The van der Waals surface area contributed by atoms with E-state index in [9.17, 15) is 8.42 Å². The van der Waals surface area contributed by atoms with E-state index >= 15 is 0 Å². The highest BCUT2D eigenvalue weighted by atomic mass is 32.2. The second-order valence-corrected chi connectivity index (χ2v) is 5.47. The van der Waals surface area contributed by atoms with E-state index in [0.29, 0.717) is 10.5 Å². The van der Waals surface area contributed by atoms with Crippen molar-refractivity contribution in [3.05, 3.63) is 23.8 Å². The van der Waals surface area contributed by atoms with E-state index in [4.69, 9.17) is 4.55 Å². The highest BCUT2D eigenvalue weighted by Gasteiger charge is 2.17. The molecule has 0 aromatic heterocycles. The average molecular weight is 232 g/mol. The first kappa shape index (κ1) is 11.6. The van der Waals surface area contributed by atoms with Crippen molar-refractivity contribution in [1.29, 1.82) is 0 Å². The minimum Gasteiger partial charge on any atom is -0.282 e. The minimum absolute atomic E-state index is 0.0341. The minimum atomic E-state index is -4.11. The van der Waals surface area contributed by atoms with Crippen molar-refractivity contribution in [3.63, 3.8) is 0 Å². The predicted molar refractivity (Wildman–Crippen MR) is 57.4 cm³/mol. The summed E-state index contributed by atoms with van der Waals surface area (Å²) in [4.78, 5) is 0.641. The summed E-state index contributed by atoms with van der Waals surface area (Å²) in [6.45, 7) is 3.60. The fourth-order valence-electron chi connectivity index (χ4n) is 1.23. The smallest absolute Gasteiger partial charge is 0.282 e. The van der Waals surface area contributed by atoms with Gasteiger partial charge in [0.2, 0.25) is 0 Å². The molecule has 78 valence electrons. The molecule has 0 saturated carbocycles. The van der Waals surface area contributed by atoms with E-state index in [1.807, 2.05) is 6.92 Å². The standard InChI is InChI=1S/C9H12O3S2/c1-3-13-8-6-4-5-7(2)9(8)14(10,11)12/h4-6H,3H2,1-2H3,(H,10,11,12). The van der Waals surface area contributed by atoms with Gasteiger partial charge in [0.1, 0.15) is 4.90 Å². The third kappa shape index (κ3) is 2.50. The highest BCUT2D eigenvalue weighted by molar-refractivity contribution is 7.99. The largest absolute Gasteiger partial charge is 0.295 e. The van der Waals surface area contributed by atoms with Crippen LogP contribution in [0, 0.1) is 6.92 Å². The molecule has 0 radical (unpaired) electrons. The molecule has 0 heterocycles. The molecule has 0 aliphatic rings. The van der Waals surface area contributed by atoms with Crippen molar-refractivity contribution in [2.24, 2.45) is 0 Å². The second-order valence-electron chi connectivity index (χ2n) is 2.81. The molecule has 0 amide bonds. The van der Waals surface area contributed by atoms with Crippen LogP contribution in [0.4, 0.5) is 0 Å². The van der Waals surface area contributed by atoms with Crippen molar-refractivity contribution in [3.8, 4) is 0 Å². The first-order valence-electron chi connectivity index (χ1n) is 4.16. The fourth-order valence-corrected chi connectivity index (χ4v) is 3.29. The molecule has 0 aliphatic carbocycles. The van der Waals surface area contributed by atoms with Crippen LogP contribution in [0.25, 0.3) is 0 Å². The Morgan fingerprint density at radius 1 is 1.43 bits per heavy atom. The van der Waals surface area contributed by atoms with Gasteiger partial charge in [-0.2, -0.15) is 8.42 Å². The molecule has 1 N–H and O–H groups in total. The molecule has 5 heteroatoms. The maximum Gasteiger partial charge on any atom is 0.295 e. The predicted octanol–water partition coefficient (Wildman–Crippen LogP) is 2.35. The van der Waals surface area contributed by atoms with Crippen LogP contribution >= 0.6 is 11.8 Å². The SMILES string of the molecule is CCSc1cccc(C)c1S(=O)(=O)O. The Hall–Kier alpha value is -0.520. The Bertz CT molecular complexity index is 424. The second kappa shape index (κ2) is 4.33. The zero-order valence-electron chi connectivity index (χ0n) is 8.02. The fraction of sp³-hybridized carbons (Fsp3) is 0.333. The van der Waals surface area contributed by atoms with Crippen LogP contribution in [0.5, 0.6) is 0 Å². The van der Waals surface area contributed by atoms with E-state index in [1.165, 1.54) is 11.8 Å². The monoisotopic (exact) mass is 232 g/mol. The molecule has 1 aromatic carbocycles. The molecule has 0 fully saturated rings. The summed E-state index contributed by atoms with van der Waals surface area (Å²) in [5.74, 6) is 0.770. The van der Waals surface area contributed by atoms with Gasteiger partial charge in [0.15, 0.2) is 0 Å². The Morgan fingerprint density at radius 2 is 2.07 bits per heavy atom. The number of thioether (sulfide) groups is 1. The summed E-state index contributed by atoms with van der Waals surface area (Å²) in [6.07, 6.45) is 0. The topological polar surface area (TPSA) is 54.4 Å². The van der Waals surface area contributed by atoms with Gasteiger partial charge in [0, 0.05) is 4.90 Å². The van der Waals surface area contributed by atoms with Crippen molar-refractivity contribution in [2.75, 3.05) is 5.75 Å². The van der Waals surface area contributed by atoms with Gasteiger partial charge in [-0.3, -0.25) is 4.55 Å². The summed E-state index contributed by atoms with van der Waals surface area (Å²) >= 11 is 1.40. The molecule has 3 nitrogen and oxygen atoms in total. The van der Waals surface area contributed by atoms with Gasteiger partial charge >= 0.3 is 0 Å². The maximum absolute atomic E-state index is 11.1. The molecule has 0 spiro atoms. The van der Waals surface area contributed by atoms with E-state index in [-0.39, 0.29) is 4.90 Å². The summed E-state index contributed by atoms with van der Waals surface area (Å²) in [5, 5.41) is 0. The van der Waals surface area contributed by atoms with Crippen LogP contribution in [-0.2, 0) is 10.1 Å². The number of rotatable bonds is 3. The van der Waals surface area contributed by atoms with Crippen LogP contribution in [0.1, 0.15) is 12.5 Å². The molecule has 0 unspecified atom stereocenters. The molecule has 14 heavy (non-hydrogen) atoms. The van der Waals surface area contributed by atoms with Crippen molar-refractivity contribution < 1.29 is 13.0 Å². The van der Waals surface area contributed by atoms with Crippen molar-refractivity contribution in [1.82, 2.24) is 0 Å². The number of benzene rings is 1. The van der Waals surface area contributed by atoms with Gasteiger partial charge in [0.05, 0.1) is 0 Å². The molecular weight excluding hydrogens is 220 g/mol. The van der Waals surface area contributed by atoms with E-state index < -0.39 is 10.1 Å². The zero-order chi connectivity index (χ0) is 10.8. The van der Waals surface area contributed by atoms with Gasteiger partial charge in [-0.1, -0.05) is 19.1 Å². The Kier molecular flexibility index (Phi) is 3.58. The lowest BCUT2D eigenvalue weighted by molar-refractivity contribution is 0.480. The van der Waals surface area contributed by atoms with E-state index in [1.54, 1.807) is 25.1 Å². The Morgan fingerprint density at radius 3 is 2.57 bits per heavy atom. The van der Waals surface area contributed by atoms with Gasteiger partial charge in [-0.15, -0.1) is 11.8 Å². The molecule has 1 aromatic rings. The van der Waals surface area contributed by atoms with Gasteiger partial charge in [-0.25, -0.2) is 0 Å². The van der Waals surface area contributed by atoms with Gasteiger partial charge in [-0.05, 0) is 24.3 Å². The lowest BCUT2D eigenvalue weighted by Crippen LogP contribution is -2.02. The number of hydrogen-bond donors (Lipinski definition) is 1. The zero-order valence-corrected chi connectivity index (χ0v) is 9.65. The Balaban J connectivity index is 3.37. The number of hydrogen-bond acceptors (Lipinski definition) is 3. The van der Waals surface area contributed by atoms with Gasteiger partial charge < -0.3 is 0 Å². The van der Waals surface area contributed by atoms with Crippen LogP contribution in [0.15, 0.2) is 28.0 Å². The van der Waals surface area contributed by atoms with Crippen molar-refractivity contribution in [2.45, 2.75) is 23.6 Å². The first-order chi connectivity index (χ1) is 6.46. The summed E-state index contributed by atoms with van der Waals surface area (Å²) in [6, 6.07) is 5.15. The summed E-state index contributed by atoms with van der Waals surface area (Å²) in [5.41, 5.74) is 0.575. The quantitative estimate of drug-likeness (QED) is 0.642. The van der Waals surface area contributed by atoms with Crippen molar-refractivity contribution >= 4 is 21.9 Å². The van der Waals surface area contributed by atoms with Crippen LogP contribution in [0.3, 0.4) is 0 Å². The molecular formula is C9H12O3S2. The molecule has 0 saturated heterocycles. The van der Waals surface area contributed by atoms with Crippen LogP contribution < -0.4 is 0 Å². The lowest BCUT2D eigenvalue weighted by Gasteiger charge is -2.07. The van der Waals surface area contributed by atoms with E-state index in [0.717, 1.165) is 5.75 Å². The molecule has 0 bridgehead atoms. The molecule has 1 rings (SSSR count). The molecule has 0 atom stereocenters. The van der Waals surface area contributed by atoms with Crippen LogP contribution in [-0.4, -0.2) is 18.7 Å². The third-order valence-corrected chi connectivity index (χ3v) is 3.86. The maximum atomic E-state index is 11.1. The Labute approximate surface area is 88.3 Å². The van der Waals surface area contributed by atoms with Crippen LogP contribution in [0.2, 0.25) is 0 Å². The summed E-state index contributed by atoms with van der Waals surface area (Å²) in [7, 11) is -4.11.